The van der Waals surface area contributed by atoms with Gasteiger partial charge in [-0.2, -0.15) is 0 Å². The molecule has 130 valence electrons. The largest absolute Gasteiger partial charge is 0.460 e. The van der Waals surface area contributed by atoms with Crippen LogP contribution in [-0.4, -0.2) is 45.2 Å². The maximum absolute atomic E-state index is 13.0. The van der Waals surface area contributed by atoms with Crippen molar-refractivity contribution in [3.63, 3.8) is 0 Å². The fraction of sp³-hybridized carbons (Fsp3) is 0.111. The summed E-state index contributed by atoms with van der Waals surface area (Å²) in [6, 6.07) is 6.39. The number of aromatic nitrogens is 2. The van der Waals surface area contributed by atoms with E-state index in [9.17, 15) is 14.4 Å². The Morgan fingerprint density at radius 1 is 1.23 bits per heavy atom. The number of carbonyl (C=O) groups is 3. The molecular weight excluding hydrogens is 404 g/mol. The SMILES string of the molecule is O=C1c2cccnc2C(=O)c2c1c(C(=O)OCCO)c1ccc(Br)cn21. The Morgan fingerprint density at radius 3 is 2.81 bits per heavy atom. The summed E-state index contributed by atoms with van der Waals surface area (Å²) in [7, 11) is 0. The van der Waals surface area contributed by atoms with Gasteiger partial charge in [-0.3, -0.25) is 14.6 Å². The highest BCUT2D eigenvalue weighted by Crippen LogP contribution is 2.34. The molecule has 0 unspecified atom stereocenters. The number of nitrogens with zero attached hydrogens (tertiary/aromatic N) is 2. The Hall–Kier alpha value is -2.84. The molecule has 0 spiro atoms. The average molecular weight is 415 g/mol. The molecule has 0 saturated heterocycles. The van der Waals surface area contributed by atoms with Gasteiger partial charge in [0.1, 0.15) is 18.0 Å². The predicted octanol–water partition coefficient (Wildman–Crippen LogP) is 2.02. The molecule has 0 atom stereocenters. The number of carbonyl (C=O) groups excluding carboxylic acids is 3. The molecule has 4 rings (SSSR count). The number of pyridine rings is 2. The first-order valence-corrected chi connectivity index (χ1v) is 8.50. The molecule has 0 saturated carbocycles. The van der Waals surface area contributed by atoms with E-state index in [1.54, 1.807) is 24.4 Å². The number of ketones is 2. The van der Waals surface area contributed by atoms with Gasteiger partial charge in [-0.05, 0) is 40.2 Å². The molecule has 1 aliphatic rings. The summed E-state index contributed by atoms with van der Waals surface area (Å²) < 4.78 is 7.18. The van der Waals surface area contributed by atoms with Gasteiger partial charge in [-0.25, -0.2) is 4.79 Å². The van der Waals surface area contributed by atoms with Crippen molar-refractivity contribution in [2.45, 2.75) is 0 Å². The first-order valence-electron chi connectivity index (χ1n) is 7.70. The number of fused-ring (bicyclic) bond motifs is 4. The third kappa shape index (κ3) is 2.30. The van der Waals surface area contributed by atoms with E-state index in [1.807, 2.05) is 0 Å². The smallest absolute Gasteiger partial charge is 0.341 e. The molecule has 3 aromatic rings. The number of esters is 1. The Labute approximate surface area is 155 Å². The summed E-state index contributed by atoms with van der Waals surface area (Å²) in [6.07, 6.45) is 3.05. The number of rotatable bonds is 3. The second kappa shape index (κ2) is 6.15. The lowest BCUT2D eigenvalue weighted by Crippen LogP contribution is -2.24. The summed E-state index contributed by atoms with van der Waals surface area (Å²) >= 11 is 3.33. The summed E-state index contributed by atoms with van der Waals surface area (Å²) in [5, 5.41) is 8.91. The van der Waals surface area contributed by atoms with E-state index >= 15 is 0 Å². The third-order valence-corrected chi connectivity index (χ3v) is 4.60. The molecule has 0 aliphatic heterocycles. The van der Waals surface area contributed by atoms with Gasteiger partial charge in [0.2, 0.25) is 5.78 Å². The van der Waals surface area contributed by atoms with E-state index in [4.69, 9.17) is 9.84 Å². The highest BCUT2D eigenvalue weighted by Gasteiger charge is 2.39. The zero-order chi connectivity index (χ0) is 18.4. The maximum atomic E-state index is 13.0. The number of hydrogen-bond acceptors (Lipinski definition) is 6. The number of ether oxygens (including phenoxy) is 1. The van der Waals surface area contributed by atoms with Crippen LogP contribution in [0.2, 0.25) is 0 Å². The molecule has 0 aromatic carbocycles. The molecule has 8 heteroatoms. The minimum Gasteiger partial charge on any atom is -0.460 e. The van der Waals surface area contributed by atoms with E-state index in [2.05, 4.69) is 20.9 Å². The van der Waals surface area contributed by atoms with Gasteiger partial charge in [0.05, 0.1) is 28.8 Å². The van der Waals surface area contributed by atoms with Gasteiger partial charge in [0, 0.05) is 16.9 Å². The van der Waals surface area contributed by atoms with Crippen molar-refractivity contribution in [2.24, 2.45) is 0 Å². The van der Waals surface area contributed by atoms with E-state index in [0.717, 1.165) is 0 Å². The number of hydrogen-bond donors (Lipinski definition) is 1. The summed E-state index contributed by atoms with van der Waals surface area (Å²) in [5.41, 5.74) is 0.658. The second-order valence-electron chi connectivity index (χ2n) is 5.62. The van der Waals surface area contributed by atoms with E-state index in [-0.39, 0.29) is 41.3 Å². The van der Waals surface area contributed by atoms with E-state index in [1.165, 1.54) is 16.7 Å². The molecule has 3 aromatic heterocycles. The van der Waals surface area contributed by atoms with Crippen molar-refractivity contribution >= 4 is 39.0 Å². The van der Waals surface area contributed by atoms with Crippen molar-refractivity contribution in [2.75, 3.05) is 13.2 Å². The average Bonchev–Trinajstić information content (AvgIpc) is 2.99. The van der Waals surface area contributed by atoms with Gasteiger partial charge >= 0.3 is 5.97 Å². The quantitative estimate of drug-likeness (QED) is 0.515. The van der Waals surface area contributed by atoms with Crippen LogP contribution in [0.15, 0.2) is 41.1 Å². The molecule has 0 fully saturated rings. The summed E-state index contributed by atoms with van der Waals surface area (Å²) in [4.78, 5) is 42.6. The minimum absolute atomic E-state index is 0.00320. The van der Waals surface area contributed by atoms with Crippen molar-refractivity contribution in [1.29, 1.82) is 0 Å². The van der Waals surface area contributed by atoms with Crippen LogP contribution in [0.4, 0.5) is 0 Å². The van der Waals surface area contributed by atoms with Gasteiger partial charge in [-0.1, -0.05) is 0 Å². The standard InChI is InChI=1S/C18H11BrN2O5/c19-9-3-4-11-12(18(25)26-7-6-22)13-15(21(11)8-9)17(24)14-10(16(13)23)2-1-5-20-14/h1-5,8,22H,6-7H2. The fourth-order valence-electron chi connectivity index (χ4n) is 3.11. The molecule has 7 nitrogen and oxygen atoms in total. The van der Waals surface area contributed by atoms with Crippen LogP contribution >= 0.6 is 15.9 Å². The van der Waals surface area contributed by atoms with Crippen molar-refractivity contribution in [1.82, 2.24) is 9.38 Å². The normalized spacial score (nSPS) is 12.8. The zero-order valence-electron chi connectivity index (χ0n) is 13.2. The molecule has 3 heterocycles. The highest BCUT2D eigenvalue weighted by atomic mass is 79.9. The molecule has 1 aliphatic carbocycles. The van der Waals surface area contributed by atoms with Crippen LogP contribution in [0.1, 0.15) is 42.5 Å². The van der Waals surface area contributed by atoms with Gasteiger partial charge in [0.15, 0.2) is 5.78 Å². The van der Waals surface area contributed by atoms with Gasteiger partial charge in [-0.15, -0.1) is 0 Å². The minimum atomic E-state index is -0.770. The van der Waals surface area contributed by atoms with Gasteiger partial charge in [0.25, 0.3) is 0 Å². The van der Waals surface area contributed by atoms with E-state index < -0.39 is 17.5 Å². The number of halogens is 1. The Bertz CT molecular complexity index is 1100. The van der Waals surface area contributed by atoms with Crippen LogP contribution < -0.4 is 0 Å². The second-order valence-corrected chi connectivity index (χ2v) is 6.53. The summed E-state index contributed by atoms with van der Waals surface area (Å²) in [5.74, 6) is -1.67. The monoisotopic (exact) mass is 414 g/mol. The third-order valence-electron chi connectivity index (χ3n) is 4.13. The highest BCUT2D eigenvalue weighted by molar-refractivity contribution is 9.10. The Kier molecular flexibility index (Phi) is 3.93. The molecule has 26 heavy (non-hydrogen) atoms. The fourth-order valence-corrected chi connectivity index (χ4v) is 3.44. The lowest BCUT2D eigenvalue weighted by Gasteiger charge is -2.14. The zero-order valence-corrected chi connectivity index (χ0v) is 14.8. The molecule has 0 bridgehead atoms. The Morgan fingerprint density at radius 2 is 2.04 bits per heavy atom. The molecular formula is C18H11BrN2O5. The van der Waals surface area contributed by atoms with Crippen molar-refractivity contribution in [3.8, 4) is 0 Å². The Balaban J connectivity index is 2.06. The molecule has 0 radical (unpaired) electrons. The molecule has 0 amide bonds. The first-order chi connectivity index (χ1) is 12.5. The predicted molar refractivity (Wildman–Crippen MR) is 93.6 cm³/mol. The van der Waals surface area contributed by atoms with Gasteiger partial charge < -0.3 is 14.2 Å². The molecule has 1 N–H and O–H groups in total. The topological polar surface area (TPSA) is 98.0 Å². The first kappa shape index (κ1) is 16.6. The lowest BCUT2D eigenvalue weighted by atomic mass is 9.89. The maximum Gasteiger partial charge on any atom is 0.341 e. The van der Waals surface area contributed by atoms with Crippen LogP contribution in [0, 0.1) is 0 Å². The number of aliphatic hydroxyl groups excluding tert-OH is 1. The van der Waals surface area contributed by atoms with Crippen molar-refractivity contribution in [3.05, 3.63) is 69.2 Å². The summed E-state index contributed by atoms with van der Waals surface area (Å²) in [6.45, 7) is -0.549. The number of aliphatic hydroxyl groups is 1. The lowest BCUT2D eigenvalue weighted by molar-refractivity contribution is 0.0434. The van der Waals surface area contributed by atoms with Crippen LogP contribution in [0.5, 0.6) is 0 Å². The van der Waals surface area contributed by atoms with Crippen molar-refractivity contribution < 1.29 is 24.2 Å². The van der Waals surface area contributed by atoms with E-state index in [0.29, 0.717) is 9.99 Å². The van der Waals surface area contributed by atoms with Crippen LogP contribution in [-0.2, 0) is 4.74 Å². The van der Waals surface area contributed by atoms with Crippen LogP contribution in [0.3, 0.4) is 0 Å². The van der Waals surface area contributed by atoms with Crippen LogP contribution in [0.25, 0.3) is 5.52 Å².